The maximum Gasteiger partial charge on any atom is 0.356 e. The Kier molecular flexibility index (Phi) is 4.97. The van der Waals surface area contributed by atoms with Gasteiger partial charge in [-0.1, -0.05) is 6.07 Å². The number of hydrogen-bond donors (Lipinski definition) is 3. The van der Waals surface area contributed by atoms with Crippen molar-refractivity contribution >= 4 is 29.2 Å². The molecule has 0 unspecified atom stereocenters. The zero-order valence-corrected chi connectivity index (χ0v) is 14.3. The van der Waals surface area contributed by atoms with Gasteiger partial charge >= 0.3 is 5.97 Å². The number of rotatable bonds is 6. The van der Waals surface area contributed by atoms with E-state index in [0.717, 1.165) is 0 Å². The van der Waals surface area contributed by atoms with Crippen molar-refractivity contribution in [3.8, 4) is 0 Å². The van der Waals surface area contributed by atoms with Gasteiger partial charge in [0.25, 0.3) is 5.91 Å². The van der Waals surface area contributed by atoms with Crippen LogP contribution in [0.15, 0.2) is 48.8 Å². The molecule has 2 amide bonds. The Morgan fingerprint density at radius 3 is 2.33 bits per heavy atom. The molecule has 0 spiro atoms. The summed E-state index contributed by atoms with van der Waals surface area (Å²) in [5.74, 6) is -1.91. The summed E-state index contributed by atoms with van der Waals surface area (Å²) in [5, 5.41) is 22.0. The van der Waals surface area contributed by atoms with Crippen LogP contribution in [0.4, 0.5) is 11.4 Å². The largest absolute Gasteiger partial charge is 0.476 e. The second kappa shape index (κ2) is 7.52. The second-order valence-corrected chi connectivity index (χ2v) is 5.66. The van der Waals surface area contributed by atoms with Crippen LogP contribution in [-0.4, -0.2) is 42.5 Å². The van der Waals surface area contributed by atoms with E-state index in [1.807, 2.05) is 0 Å². The first-order valence-electron chi connectivity index (χ1n) is 7.88. The minimum absolute atomic E-state index is 0.137. The number of aromatic carboxylic acids is 1. The highest BCUT2D eigenvalue weighted by Crippen LogP contribution is 2.16. The van der Waals surface area contributed by atoms with E-state index in [1.165, 1.54) is 21.6 Å². The number of carbonyl (C=O) groups is 3. The van der Waals surface area contributed by atoms with Crippen LogP contribution < -0.4 is 10.6 Å². The molecule has 1 aromatic carbocycles. The summed E-state index contributed by atoms with van der Waals surface area (Å²) in [6, 6.07) is 9.54. The number of aromatic nitrogens is 4. The number of amides is 2. The van der Waals surface area contributed by atoms with Crippen LogP contribution in [0.5, 0.6) is 0 Å². The van der Waals surface area contributed by atoms with Gasteiger partial charge in [0.15, 0.2) is 11.4 Å². The van der Waals surface area contributed by atoms with E-state index in [-0.39, 0.29) is 29.7 Å². The fourth-order valence-electron chi connectivity index (χ4n) is 2.32. The van der Waals surface area contributed by atoms with Gasteiger partial charge in [0.05, 0.1) is 0 Å². The quantitative estimate of drug-likeness (QED) is 0.599. The third-order valence-corrected chi connectivity index (χ3v) is 3.52. The van der Waals surface area contributed by atoms with Gasteiger partial charge in [0.2, 0.25) is 5.91 Å². The van der Waals surface area contributed by atoms with Crippen molar-refractivity contribution < 1.29 is 19.5 Å². The highest BCUT2D eigenvalue weighted by atomic mass is 16.4. The zero-order valence-electron chi connectivity index (χ0n) is 14.3. The van der Waals surface area contributed by atoms with E-state index in [0.29, 0.717) is 11.4 Å². The van der Waals surface area contributed by atoms with E-state index in [9.17, 15) is 14.4 Å². The predicted octanol–water partition coefficient (Wildman–Crippen LogP) is 1.21. The maximum absolute atomic E-state index is 12.1. The summed E-state index contributed by atoms with van der Waals surface area (Å²) in [6.07, 6.45) is 3.07. The van der Waals surface area contributed by atoms with Crippen LogP contribution in [0, 0.1) is 0 Å². The first-order valence-corrected chi connectivity index (χ1v) is 7.88. The number of nitrogens with zero attached hydrogens (tertiary/aromatic N) is 4. The number of carbonyl (C=O) groups excluding carboxylic acids is 2. The lowest BCUT2D eigenvalue weighted by Gasteiger charge is -2.08. The Balaban J connectivity index is 1.61. The molecular formula is C17H16N6O4. The molecule has 3 N–H and O–H groups in total. The van der Waals surface area contributed by atoms with Crippen LogP contribution in [0.25, 0.3) is 0 Å². The van der Waals surface area contributed by atoms with Gasteiger partial charge in [-0.25, -0.2) is 4.79 Å². The number of nitrogens with one attached hydrogen (secondary N) is 2. The lowest BCUT2D eigenvalue weighted by Crippen LogP contribution is -2.19. The van der Waals surface area contributed by atoms with Gasteiger partial charge in [-0.15, -0.1) is 0 Å². The highest BCUT2D eigenvalue weighted by Gasteiger charge is 2.11. The molecule has 0 bridgehead atoms. The first-order chi connectivity index (χ1) is 12.9. The van der Waals surface area contributed by atoms with Crippen LogP contribution >= 0.6 is 0 Å². The average molecular weight is 368 g/mol. The number of hydrogen-bond acceptors (Lipinski definition) is 5. The standard InChI is InChI=1S/C17H16N6O4/c1-22-7-5-13(20-22)16(25)19-12-4-2-3-11(9-12)18-15(24)10-23-8-6-14(21-23)17(26)27/h2-9H,10H2,1H3,(H,18,24)(H,19,25)(H,26,27). The zero-order chi connectivity index (χ0) is 19.4. The number of carboxylic acids is 1. The fourth-order valence-corrected chi connectivity index (χ4v) is 2.32. The molecule has 3 aromatic rings. The molecular weight excluding hydrogens is 352 g/mol. The molecule has 0 aliphatic carbocycles. The lowest BCUT2D eigenvalue weighted by molar-refractivity contribution is -0.116. The van der Waals surface area contributed by atoms with Crippen LogP contribution in [0.2, 0.25) is 0 Å². The number of aryl methyl sites for hydroxylation is 1. The van der Waals surface area contributed by atoms with Crippen molar-refractivity contribution in [3.63, 3.8) is 0 Å². The Bertz CT molecular complexity index is 1010. The fraction of sp³-hybridized carbons (Fsp3) is 0.118. The molecule has 3 rings (SSSR count). The van der Waals surface area contributed by atoms with E-state index >= 15 is 0 Å². The van der Waals surface area contributed by atoms with Gasteiger partial charge in [0.1, 0.15) is 6.54 Å². The molecule has 0 aliphatic rings. The monoisotopic (exact) mass is 368 g/mol. The SMILES string of the molecule is Cn1ccc(C(=O)Nc2cccc(NC(=O)Cn3ccc(C(=O)O)n3)c2)n1. The minimum atomic E-state index is -1.16. The summed E-state index contributed by atoms with van der Waals surface area (Å²) in [4.78, 5) is 35.0. The predicted molar refractivity (Wildman–Crippen MR) is 95.4 cm³/mol. The van der Waals surface area contributed by atoms with Gasteiger partial charge in [-0.3, -0.25) is 19.0 Å². The molecule has 2 aromatic heterocycles. The minimum Gasteiger partial charge on any atom is -0.476 e. The maximum atomic E-state index is 12.1. The third-order valence-electron chi connectivity index (χ3n) is 3.52. The summed E-state index contributed by atoms with van der Waals surface area (Å²) >= 11 is 0. The van der Waals surface area contributed by atoms with Gasteiger partial charge < -0.3 is 15.7 Å². The number of anilines is 2. The Hall–Kier alpha value is -3.95. The molecule has 10 nitrogen and oxygen atoms in total. The summed E-state index contributed by atoms with van der Waals surface area (Å²) < 4.78 is 2.75. The number of carboxylic acid groups (broad SMARTS) is 1. The van der Waals surface area contributed by atoms with Crippen LogP contribution in [0.3, 0.4) is 0 Å². The third kappa shape index (κ3) is 4.57. The van der Waals surface area contributed by atoms with Crippen molar-refractivity contribution in [1.82, 2.24) is 19.6 Å². The molecule has 2 heterocycles. The molecule has 27 heavy (non-hydrogen) atoms. The smallest absolute Gasteiger partial charge is 0.356 e. The Morgan fingerprint density at radius 1 is 1.00 bits per heavy atom. The molecule has 10 heteroatoms. The van der Waals surface area contributed by atoms with Crippen molar-refractivity contribution in [2.75, 3.05) is 10.6 Å². The number of benzene rings is 1. The molecule has 0 saturated heterocycles. The van der Waals surface area contributed by atoms with Gasteiger partial charge in [-0.05, 0) is 30.3 Å². The molecule has 0 fully saturated rings. The Labute approximate surface area is 153 Å². The summed E-state index contributed by atoms with van der Waals surface area (Å²) in [5.41, 5.74) is 1.11. The van der Waals surface area contributed by atoms with Crippen LogP contribution in [-0.2, 0) is 18.4 Å². The van der Waals surface area contributed by atoms with E-state index in [4.69, 9.17) is 5.11 Å². The molecule has 138 valence electrons. The van der Waals surface area contributed by atoms with Crippen molar-refractivity contribution in [3.05, 3.63) is 60.2 Å². The topological polar surface area (TPSA) is 131 Å². The van der Waals surface area contributed by atoms with Crippen molar-refractivity contribution in [2.45, 2.75) is 6.54 Å². The second-order valence-electron chi connectivity index (χ2n) is 5.66. The van der Waals surface area contributed by atoms with E-state index < -0.39 is 5.97 Å². The van der Waals surface area contributed by atoms with E-state index in [2.05, 4.69) is 20.8 Å². The van der Waals surface area contributed by atoms with Crippen molar-refractivity contribution in [1.29, 1.82) is 0 Å². The lowest BCUT2D eigenvalue weighted by atomic mass is 10.2. The molecule has 0 saturated carbocycles. The highest BCUT2D eigenvalue weighted by molar-refractivity contribution is 6.03. The normalized spacial score (nSPS) is 10.4. The van der Waals surface area contributed by atoms with Gasteiger partial charge in [0, 0.05) is 30.8 Å². The first kappa shape index (κ1) is 17.9. The molecule has 0 aliphatic heterocycles. The molecule has 0 radical (unpaired) electrons. The van der Waals surface area contributed by atoms with Gasteiger partial charge in [-0.2, -0.15) is 10.2 Å². The van der Waals surface area contributed by atoms with E-state index in [1.54, 1.807) is 43.6 Å². The summed E-state index contributed by atoms with van der Waals surface area (Å²) in [7, 11) is 1.71. The average Bonchev–Trinajstić information content (AvgIpc) is 3.24. The van der Waals surface area contributed by atoms with Crippen molar-refractivity contribution in [2.24, 2.45) is 7.05 Å². The molecule has 0 atom stereocenters. The summed E-state index contributed by atoms with van der Waals surface area (Å²) in [6.45, 7) is -0.141. The van der Waals surface area contributed by atoms with Crippen LogP contribution in [0.1, 0.15) is 21.0 Å². The Morgan fingerprint density at radius 2 is 1.70 bits per heavy atom.